The number of amides is 1. The SMILES string of the molecule is COCCOc1ccc2c(c1)C1(N=C(N)N(CC(F)(F)F)C1=O)C1(CCC(OC)CC1)C2. The number of rotatable bonds is 6. The fourth-order valence-corrected chi connectivity index (χ4v) is 5.51. The zero-order valence-electron chi connectivity index (χ0n) is 18.2. The fourth-order valence-electron chi connectivity index (χ4n) is 5.51. The maximum absolute atomic E-state index is 13.7. The molecule has 1 amide bonds. The van der Waals surface area contributed by atoms with Gasteiger partial charge in [0.25, 0.3) is 5.91 Å². The molecule has 1 fully saturated rings. The highest BCUT2D eigenvalue weighted by molar-refractivity contribution is 6.08. The zero-order valence-corrected chi connectivity index (χ0v) is 18.2. The quantitative estimate of drug-likeness (QED) is 0.667. The van der Waals surface area contributed by atoms with E-state index in [1.54, 1.807) is 20.3 Å². The number of alkyl halides is 3. The number of fused-ring (bicyclic) bond motifs is 3. The van der Waals surface area contributed by atoms with Crippen LogP contribution < -0.4 is 10.5 Å². The van der Waals surface area contributed by atoms with Crippen LogP contribution in [0.25, 0.3) is 0 Å². The Kier molecular flexibility index (Phi) is 5.87. The van der Waals surface area contributed by atoms with Gasteiger partial charge < -0.3 is 19.9 Å². The maximum atomic E-state index is 13.7. The Morgan fingerprint density at radius 3 is 2.56 bits per heavy atom. The first-order valence-corrected chi connectivity index (χ1v) is 10.7. The van der Waals surface area contributed by atoms with Crippen LogP contribution in [0.2, 0.25) is 0 Å². The Morgan fingerprint density at radius 1 is 1.22 bits per heavy atom. The van der Waals surface area contributed by atoms with Crippen molar-refractivity contribution in [2.45, 2.75) is 49.9 Å². The van der Waals surface area contributed by atoms with Crippen LogP contribution in [-0.4, -0.2) is 63.0 Å². The normalized spacial score (nSPS) is 29.7. The number of nitrogens with zero attached hydrogens (tertiary/aromatic N) is 2. The van der Waals surface area contributed by atoms with Gasteiger partial charge in [-0.3, -0.25) is 9.69 Å². The van der Waals surface area contributed by atoms with E-state index in [2.05, 4.69) is 4.99 Å². The molecule has 1 aromatic rings. The number of methoxy groups -OCH3 is 2. The van der Waals surface area contributed by atoms with Crippen LogP contribution in [0.3, 0.4) is 0 Å². The van der Waals surface area contributed by atoms with Crippen molar-refractivity contribution < 1.29 is 32.2 Å². The summed E-state index contributed by atoms with van der Waals surface area (Å²) in [5, 5.41) is 0. The second kappa shape index (κ2) is 8.22. The minimum Gasteiger partial charge on any atom is -0.491 e. The number of aliphatic imine (C=N–C) groups is 1. The molecule has 32 heavy (non-hydrogen) atoms. The van der Waals surface area contributed by atoms with E-state index in [0.29, 0.717) is 61.5 Å². The Hall–Kier alpha value is -2.33. The average Bonchev–Trinajstić information content (AvgIpc) is 3.15. The summed E-state index contributed by atoms with van der Waals surface area (Å²) >= 11 is 0. The van der Waals surface area contributed by atoms with Crippen LogP contribution >= 0.6 is 0 Å². The zero-order chi connectivity index (χ0) is 23.1. The average molecular weight is 455 g/mol. The van der Waals surface area contributed by atoms with Gasteiger partial charge in [0.15, 0.2) is 11.5 Å². The predicted molar refractivity (Wildman–Crippen MR) is 110 cm³/mol. The van der Waals surface area contributed by atoms with Crippen LogP contribution in [0.1, 0.15) is 36.8 Å². The van der Waals surface area contributed by atoms with Crippen molar-refractivity contribution in [1.29, 1.82) is 0 Å². The van der Waals surface area contributed by atoms with E-state index in [9.17, 15) is 18.0 Å². The summed E-state index contributed by atoms with van der Waals surface area (Å²) < 4.78 is 55.9. The molecule has 1 aliphatic heterocycles. The number of nitrogens with two attached hydrogens (primary N) is 1. The molecule has 1 aromatic carbocycles. The number of halogens is 3. The molecule has 0 bridgehead atoms. The molecule has 2 N–H and O–H groups in total. The summed E-state index contributed by atoms with van der Waals surface area (Å²) in [7, 11) is 3.21. The molecule has 3 aliphatic rings. The second-order valence-electron chi connectivity index (χ2n) is 8.74. The molecule has 0 radical (unpaired) electrons. The Labute approximate surface area is 184 Å². The minimum atomic E-state index is -4.59. The summed E-state index contributed by atoms with van der Waals surface area (Å²) in [6.45, 7) is -0.768. The van der Waals surface area contributed by atoms with Crippen LogP contribution in [0.15, 0.2) is 23.2 Å². The number of guanidine groups is 1. The van der Waals surface area contributed by atoms with Crippen LogP contribution in [0, 0.1) is 5.41 Å². The van der Waals surface area contributed by atoms with Gasteiger partial charge in [-0.15, -0.1) is 0 Å². The van der Waals surface area contributed by atoms with Crippen LogP contribution in [0.5, 0.6) is 5.75 Å². The number of carbonyl (C=O) groups excluding carboxylic acids is 1. The third-order valence-corrected chi connectivity index (χ3v) is 7.00. The van der Waals surface area contributed by atoms with Gasteiger partial charge in [0.05, 0.1) is 12.7 Å². The summed E-state index contributed by atoms with van der Waals surface area (Å²) in [6.07, 6.45) is -1.39. The van der Waals surface area contributed by atoms with Gasteiger partial charge in [-0.05, 0) is 55.4 Å². The Balaban J connectivity index is 1.78. The van der Waals surface area contributed by atoms with Crippen LogP contribution in [-0.2, 0) is 26.2 Å². The lowest BCUT2D eigenvalue weighted by Crippen LogP contribution is -2.53. The maximum Gasteiger partial charge on any atom is 0.406 e. The molecular formula is C22H28F3N3O4. The van der Waals surface area contributed by atoms with Crippen molar-refractivity contribution in [3.63, 3.8) is 0 Å². The van der Waals surface area contributed by atoms with Crippen molar-refractivity contribution in [3.8, 4) is 5.75 Å². The van der Waals surface area contributed by atoms with Gasteiger partial charge in [-0.25, -0.2) is 4.99 Å². The molecule has 1 unspecified atom stereocenters. The van der Waals surface area contributed by atoms with Crippen LogP contribution in [0.4, 0.5) is 13.2 Å². The van der Waals surface area contributed by atoms with Gasteiger partial charge in [0.2, 0.25) is 0 Å². The molecule has 10 heteroatoms. The highest BCUT2D eigenvalue weighted by atomic mass is 19.4. The first-order valence-electron chi connectivity index (χ1n) is 10.7. The van der Waals surface area contributed by atoms with Gasteiger partial charge in [0, 0.05) is 19.6 Å². The van der Waals surface area contributed by atoms with Crippen molar-refractivity contribution in [2.75, 3.05) is 34.0 Å². The molecule has 7 nitrogen and oxygen atoms in total. The highest BCUT2D eigenvalue weighted by Gasteiger charge is 2.67. The Morgan fingerprint density at radius 2 is 1.94 bits per heavy atom. The lowest BCUT2D eigenvalue weighted by atomic mass is 9.61. The van der Waals surface area contributed by atoms with Gasteiger partial charge in [-0.2, -0.15) is 13.2 Å². The third-order valence-electron chi connectivity index (χ3n) is 7.00. The van der Waals surface area contributed by atoms with E-state index >= 15 is 0 Å². The monoisotopic (exact) mass is 455 g/mol. The largest absolute Gasteiger partial charge is 0.491 e. The Bertz CT molecular complexity index is 912. The van der Waals surface area contributed by atoms with Gasteiger partial charge >= 0.3 is 6.18 Å². The number of carbonyl (C=O) groups is 1. The van der Waals surface area contributed by atoms with E-state index in [1.807, 2.05) is 12.1 Å². The first kappa shape index (κ1) is 22.8. The van der Waals surface area contributed by atoms with E-state index in [4.69, 9.17) is 19.9 Å². The summed E-state index contributed by atoms with van der Waals surface area (Å²) in [6, 6.07) is 5.41. The topological polar surface area (TPSA) is 86.4 Å². The summed E-state index contributed by atoms with van der Waals surface area (Å²) in [4.78, 5) is 18.8. The van der Waals surface area contributed by atoms with E-state index in [0.717, 1.165) is 5.56 Å². The number of benzene rings is 1. The summed E-state index contributed by atoms with van der Waals surface area (Å²) in [5.74, 6) is -0.589. The van der Waals surface area contributed by atoms with Crippen molar-refractivity contribution in [1.82, 2.24) is 4.90 Å². The smallest absolute Gasteiger partial charge is 0.406 e. The standard InChI is InChI=1S/C22H28F3N3O4/c1-30-9-10-32-16-4-3-14-12-20(7-5-15(31-2)6-8-20)22(17(14)11-16)18(29)28(19(26)27-22)13-21(23,24)25/h3-4,11,15H,5-10,12-13H2,1-2H3,(H2,26,27). The molecule has 4 rings (SSSR count). The highest BCUT2D eigenvalue weighted by Crippen LogP contribution is 2.62. The van der Waals surface area contributed by atoms with Crippen molar-refractivity contribution in [3.05, 3.63) is 29.3 Å². The fraction of sp³-hybridized carbons (Fsp3) is 0.636. The van der Waals surface area contributed by atoms with E-state index < -0.39 is 29.6 Å². The first-order chi connectivity index (χ1) is 15.2. The molecule has 2 spiro atoms. The molecule has 2 aliphatic carbocycles. The van der Waals surface area contributed by atoms with Gasteiger partial charge in [-0.1, -0.05) is 6.07 Å². The van der Waals surface area contributed by atoms with Crippen molar-refractivity contribution >= 4 is 11.9 Å². The number of hydrogen-bond donors (Lipinski definition) is 1. The lowest BCUT2D eigenvalue weighted by molar-refractivity contribution is -0.158. The number of ether oxygens (including phenoxy) is 3. The van der Waals surface area contributed by atoms with E-state index in [-0.39, 0.29) is 12.1 Å². The van der Waals surface area contributed by atoms with E-state index in [1.165, 1.54) is 0 Å². The molecular weight excluding hydrogens is 427 g/mol. The molecule has 176 valence electrons. The molecule has 0 aromatic heterocycles. The lowest BCUT2D eigenvalue weighted by Gasteiger charge is -2.45. The third kappa shape index (κ3) is 3.63. The summed E-state index contributed by atoms with van der Waals surface area (Å²) in [5.41, 5.74) is 5.28. The van der Waals surface area contributed by atoms with Crippen molar-refractivity contribution in [2.24, 2.45) is 16.1 Å². The molecule has 1 saturated carbocycles. The second-order valence-corrected chi connectivity index (χ2v) is 8.74. The number of hydrogen-bond acceptors (Lipinski definition) is 6. The molecule has 1 heterocycles. The predicted octanol–water partition coefficient (Wildman–Crippen LogP) is 2.76. The molecule has 1 atom stereocenters. The van der Waals surface area contributed by atoms with Gasteiger partial charge in [0.1, 0.15) is 18.9 Å². The minimum absolute atomic E-state index is 0.0541. The molecule has 0 saturated heterocycles.